The first-order chi connectivity index (χ1) is 15.6. The van der Waals surface area contributed by atoms with E-state index in [-0.39, 0.29) is 0 Å². The molecule has 5 heteroatoms. The van der Waals surface area contributed by atoms with Crippen LogP contribution in [0.2, 0.25) is 0 Å². The highest BCUT2D eigenvalue weighted by molar-refractivity contribution is 5.63. The standard InChI is InChI=1S/C27H36O5/c1-5-24-6-8-25(9-7-24)22(2)20-31-18-16-29-14-15-30-17-19-32-21-23(3)26-10-12-27(28-4)13-11-26/h6-13,20-21H,5,14-19H2,1-4H3. The summed E-state index contributed by atoms with van der Waals surface area (Å²) >= 11 is 0. The molecular formula is C27H36O5. The molecular weight excluding hydrogens is 404 g/mol. The van der Waals surface area contributed by atoms with E-state index in [9.17, 15) is 0 Å². The minimum atomic E-state index is 0.500. The van der Waals surface area contributed by atoms with E-state index in [2.05, 4.69) is 31.2 Å². The first-order valence-electron chi connectivity index (χ1n) is 11.1. The van der Waals surface area contributed by atoms with Crippen LogP contribution in [0.3, 0.4) is 0 Å². The molecule has 2 aromatic rings. The molecule has 0 bridgehead atoms. The molecule has 174 valence electrons. The lowest BCUT2D eigenvalue weighted by molar-refractivity contribution is 0.0187. The van der Waals surface area contributed by atoms with Gasteiger partial charge in [0.1, 0.15) is 19.0 Å². The Bertz CT molecular complexity index is 751. The fourth-order valence-corrected chi connectivity index (χ4v) is 2.90. The largest absolute Gasteiger partial charge is 0.498 e. The fourth-order valence-electron chi connectivity index (χ4n) is 2.90. The highest BCUT2D eigenvalue weighted by Crippen LogP contribution is 2.18. The van der Waals surface area contributed by atoms with Crippen LogP contribution in [0.15, 0.2) is 61.1 Å². The Hall–Kier alpha value is -2.76. The zero-order valence-corrected chi connectivity index (χ0v) is 19.8. The van der Waals surface area contributed by atoms with Crippen molar-refractivity contribution in [2.75, 3.05) is 46.8 Å². The summed E-state index contributed by atoms with van der Waals surface area (Å²) in [6, 6.07) is 16.4. The Morgan fingerprint density at radius 1 is 0.656 bits per heavy atom. The van der Waals surface area contributed by atoms with E-state index in [4.69, 9.17) is 23.7 Å². The molecule has 0 unspecified atom stereocenters. The smallest absolute Gasteiger partial charge is 0.118 e. The van der Waals surface area contributed by atoms with Crippen LogP contribution in [0.4, 0.5) is 0 Å². The molecule has 0 aliphatic carbocycles. The van der Waals surface area contributed by atoms with Crippen molar-refractivity contribution in [3.05, 3.63) is 77.7 Å². The normalized spacial score (nSPS) is 12.0. The van der Waals surface area contributed by atoms with Crippen LogP contribution < -0.4 is 4.74 Å². The second kappa shape index (κ2) is 15.1. The van der Waals surface area contributed by atoms with Gasteiger partial charge in [0.05, 0.1) is 46.1 Å². The van der Waals surface area contributed by atoms with E-state index in [1.165, 1.54) is 11.1 Å². The number of allylic oxidation sites excluding steroid dienone is 2. The molecule has 0 atom stereocenters. The van der Waals surface area contributed by atoms with Gasteiger partial charge in [-0.05, 0) is 60.2 Å². The fraction of sp³-hybridized carbons (Fsp3) is 0.407. The van der Waals surface area contributed by atoms with Gasteiger partial charge in [-0.3, -0.25) is 0 Å². The Kier molecular flexibility index (Phi) is 12.0. The van der Waals surface area contributed by atoms with Gasteiger partial charge < -0.3 is 23.7 Å². The molecule has 0 fully saturated rings. The maximum atomic E-state index is 5.58. The summed E-state index contributed by atoms with van der Waals surface area (Å²) in [7, 11) is 1.66. The maximum absolute atomic E-state index is 5.58. The van der Waals surface area contributed by atoms with Gasteiger partial charge >= 0.3 is 0 Å². The first kappa shape index (κ1) is 25.5. The first-order valence-corrected chi connectivity index (χ1v) is 11.1. The number of benzene rings is 2. The number of ether oxygens (including phenoxy) is 5. The van der Waals surface area contributed by atoms with E-state index >= 15 is 0 Å². The van der Waals surface area contributed by atoms with Gasteiger partial charge in [-0.25, -0.2) is 0 Å². The lowest BCUT2D eigenvalue weighted by Gasteiger charge is -2.08. The summed E-state index contributed by atoms with van der Waals surface area (Å²) in [6.45, 7) is 9.34. The number of hydrogen-bond donors (Lipinski definition) is 0. The third-order valence-electron chi connectivity index (χ3n) is 4.95. The Balaban J connectivity index is 1.47. The topological polar surface area (TPSA) is 46.2 Å². The second-order valence-electron chi connectivity index (χ2n) is 7.35. The Labute approximate surface area is 192 Å². The van der Waals surface area contributed by atoms with Crippen LogP contribution in [0.1, 0.15) is 37.5 Å². The highest BCUT2D eigenvalue weighted by atomic mass is 16.6. The molecule has 0 saturated carbocycles. The van der Waals surface area contributed by atoms with Crippen molar-refractivity contribution in [2.45, 2.75) is 27.2 Å². The maximum Gasteiger partial charge on any atom is 0.118 e. The summed E-state index contributed by atoms with van der Waals surface area (Å²) in [6.07, 6.45) is 4.60. The Morgan fingerprint density at radius 2 is 1.09 bits per heavy atom. The SMILES string of the molecule is CCc1ccc(C(C)=COCCOCCOCCOC=C(C)c2ccc(OC)cc2)cc1. The minimum absolute atomic E-state index is 0.500. The number of hydrogen-bond acceptors (Lipinski definition) is 5. The molecule has 32 heavy (non-hydrogen) atoms. The van der Waals surface area contributed by atoms with Gasteiger partial charge in [-0.1, -0.05) is 43.3 Å². The van der Waals surface area contributed by atoms with Crippen LogP contribution in [0.5, 0.6) is 5.75 Å². The predicted molar refractivity (Wildman–Crippen MR) is 130 cm³/mol. The van der Waals surface area contributed by atoms with Gasteiger partial charge in [-0.2, -0.15) is 0 Å². The highest BCUT2D eigenvalue weighted by Gasteiger charge is 1.98. The molecule has 0 radical (unpaired) electrons. The third kappa shape index (κ3) is 9.58. The van der Waals surface area contributed by atoms with Crippen molar-refractivity contribution < 1.29 is 23.7 Å². The summed E-state index contributed by atoms with van der Waals surface area (Å²) in [5.41, 5.74) is 5.77. The molecule has 2 rings (SSSR count). The van der Waals surface area contributed by atoms with Crippen LogP contribution in [0, 0.1) is 0 Å². The quantitative estimate of drug-likeness (QED) is 0.261. The van der Waals surface area contributed by atoms with Crippen molar-refractivity contribution in [1.29, 1.82) is 0 Å². The number of aryl methyl sites for hydroxylation is 1. The van der Waals surface area contributed by atoms with Gasteiger partial charge in [-0.15, -0.1) is 0 Å². The van der Waals surface area contributed by atoms with Crippen LogP contribution in [-0.2, 0) is 25.4 Å². The van der Waals surface area contributed by atoms with Crippen LogP contribution in [0.25, 0.3) is 11.1 Å². The minimum Gasteiger partial charge on any atom is -0.498 e. The molecule has 0 aliphatic heterocycles. The molecule has 0 aromatic heterocycles. The lowest BCUT2D eigenvalue weighted by atomic mass is 10.1. The van der Waals surface area contributed by atoms with Crippen molar-refractivity contribution in [1.82, 2.24) is 0 Å². The summed E-state index contributed by atoms with van der Waals surface area (Å²) in [5, 5.41) is 0. The van der Waals surface area contributed by atoms with Crippen molar-refractivity contribution >= 4 is 11.1 Å². The molecule has 0 heterocycles. The second-order valence-corrected chi connectivity index (χ2v) is 7.35. The lowest BCUT2D eigenvalue weighted by Crippen LogP contribution is -2.10. The van der Waals surface area contributed by atoms with Crippen LogP contribution >= 0.6 is 0 Å². The molecule has 0 N–H and O–H groups in total. The van der Waals surface area contributed by atoms with Gasteiger partial charge in [0.25, 0.3) is 0 Å². The number of rotatable bonds is 15. The third-order valence-corrected chi connectivity index (χ3v) is 4.95. The summed E-state index contributed by atoms with van der Waals surface area (Å²) in [5.74, 6) is 0.842. The van der Waals surface area contributed by atoms with E-state index < -0.39 is 0 Å². The van der Waals surface area contributed by atoms with Gasteiger partial charge in [0.15, 0.2) is 0 Å². The van der Waals surface area contributed by atoms with Gasteiger partial charge in [0, 0.05) is 0 Å². The van der Waals surface area contributed by atoms with Gasteiger partial charge in [0.2, 0.25) is 0 Å². The van der Waals surface area contributed by atoms with Crippen molar-refractivity contribution in [3.63, 3.8) is 0 Å². The van der Waals surface area contributed by atoms with E-state index in [1.807, 2.05) is 38.1 Å². The van der Waals surface area contributed by atoms with Crippen molar-refractivity contribution in [3.8, 4) is 5.75 Å². The molecule has 0 spiro atoms. The molecule has 5 nitrogen and oxygen atoms in total. The van der Waals surface area contributed by atoms with E-state index in [0.717, 1.165) is 28.9 Å². The molecule has 0 saturated heterocycles. The molecule has 0 amide bonds. The summed E-state index contributed by atoms with van der Waals surface area (Å²) < 4.78 is 27.4. The summed E-state index contributed by atoms with van der Waals surface area (Å²) in [4.78, 5) is 0. The molecule has 0 aliphatic rings. The Morgan fingerprint density at radius 3 is 1.53 bits per heavy atom. The monoisotopic (exact) mass is 440 g/mol. The van der Waals surface area contributed by atoms with Crippen molar-refractivity contribution in [2.24, 2.45) is 0 Å². The zero-order valence-electron chi connectivity index (χ0n) is 19.8. The van der Waals surface area contributed by atoms with E-state index in [1.54, 1.807) is 19.6 Å². The predicted octanol–water partition coefficient (Wildman–Crippen LogP) is 5.75. The number of methoxy groups -OCH3 is 1. The molecule has 2 aromatic carbocycles. The average Bonchev–Trinajstić information content (AvgIpc) is 2.84. The average molecular weight is 441 g/mol. The zero-order chi connectivity index (χ0) is 23.0. The van der Waals surface area contributed by atoms with E-state index in [0.29, 0.717) is 39.6 Å². The van der Waals surface area contributed by atoms with Crippen LogP contribution in [-0.4, -0.2) is 46.8 Å².